The van der Waals surface area contributed by atoms with Crippen molar-refractivity contribution in [3.63, 3.8) is 0 Å². The van der Waals surface area contributed by atoms with Gasteiger partial charge in [-0.05, 0) is 0 Å². The van der Waals surface area contributed by atoms with Gasteiger partial charge in [-0.2, -0.15) is 4.57 Å². The molecule has 0 aliphatic carbocycles. The summed E-state index contributed by atoms with van der Waals surface area (Å²) in [6.07, 6.45) is 5.09. The molecule has 0 N–H and O–H groups in total. The molecule has 1 aromatic heterocycles. The Morgan fingerprint density at radius 2 is 2.12 bits per heavy atom. The van der Waals surface area contributed by atoms with Crippen LogP contribution in [0.2, 0.25) is 0 Å². The van der Waals surface area contributed by atoms with Crippen molar-refractivity contribution in [2.45, 2.75) is 6.54 Å². The molecule has 4 nitrogen and oxygen atoms in total. The summed E-state index contributed by atoms with van der Waals surface area (Å²) in [5.41, 5.74) is 1.48. The van der Waals surface area contributed by atoms with E-state index < -0.39 is 5.97 Å². The Bertz CT molecular complexity index is 512. The highest BCUT2D eigenvalue weighted by Crippen LogP contribution is 1.98. The van der Waals surface area contributed by atoms with Crippen LogP contribution in [-0.2, 0) is 11.3 Å². The van der Waals surface area contributed by atoms with Crippen molar-refractivity contribution in [2.75, 3.05) is 7.11 Å². The Morgan fingerprint density at radius 3 is 2.82 bits per heavy atom. The maximum absolute atomic E-state index is 11.3. The van der Waals surface area contributed by atoms with Crippen molar-refractivity contribution in [3.8, 4) is 0 Å². The van der Waals surface area contributed by atoms with E-state index in [-0.39, 0.29) is 0 Å². The molecule has 0 atom stereocenters. The Kier molecular flexibility index (Phi) is 3.45. The molecule has 0 bridgehead atoms. The van der Waals surface area contributed by atoms with E-state index in [2.05, 4.69) is 9.72 Å². The fourth-order valence-electron chi connectivity index (χ4n) is 1.54. The van der Waals surface area contributed by atoms with Gasteiger partial charge in [-0.25, -0.2) is 9.78 Å². The zero-order chi connectivity index (χ0) is 12.1. The monoisotopic (exact) mass is 229 g/mol. The van der Waals surface area contributed by atoms with Gasteiger partial charge in [0.25, 0.3) is 0 Å². The summed E-state index contributed by atoms with van der Waals surface area (Å²) in [6, 6.07) is 10.0. The van der Waals surface area contributed by atoms with E-state index in [1.54, 1.807) is 12.4 Å². The number of aromatic nitrogens is 2. The standard InChI is InChI=1S/C13H13N2O2/c1-17-13(16)12-10-15(8-7-14-12)9-11-5-3-2-4-6-11/h2-8,10H,9H2,1H3/q+1. The van der Waals surface area contributed by atoms with Crippen LogP contribution in [0.25, 0.3) is 0 Å². The number of carbonyl (C=O) groups is 1. The highest BCUT2D eigenvalue weighted by atomic mass is 16.5. The first-order valence-electron chi connectivity index (χ1n) is 5.27. The number of hydrogen-bond acceptors (Lipinski definition) is 3. The number of hydrogen-bond donors (Lipinski definition) is 0. The van der Waals surface area contributed by atoms with Crippen LogP contribution >= 0.6 is 0 Å². The van der Waals surface area contributed by atoms with E-state index in [0.29, 0.717) is 12.2 Å². The molecule has 0 aliphatic rings. The lowest BCUT2D eigenvalue weighted by Crippen LogP contribution is -2.35. The van der Waals surface area contributed by atoms with Gasteiger partial charge in [0.15, 0.2) is 12.7 Å². The molecule has 1 heterocycles. The van der Waals surface area contributed by atoms with Crippen molar-refractivity contribution in [2.24, 2.45) is 0 Å². The number of benzene rings is 1. The number of esters is 1. The van der Waals surface area contributed by atoms with Crippen molar-refractivity contribution in [3.05, 3.63) is 60.2 Å². The SMILES string of the molecule is COC(=O)c1c[n+](Cc2ccccc2)ccn1. The van der Waals surface area contributed by atoms with Gasteiger partial charge in [-0.15, -0.1) is 0 Å². The van der Waals surface area contributed by atoms with Gasteiger partial charge < -0.3 is 4.74 Å². The van der Waals surface area contributed by atoms with Gasteiger partial charge in [-0.3, -0.25) is 0 Å². The Labute approximate surface area is 99.5 Å². The minimum atomic E-state index is -0.424. The fraction of sp³-hybridized carbons (Fsp3) is 0.154. The molecule has 86 valence electrons. The molecule has 0 fully saturated rings. The third-order valence-electron chi connectivity index (χ3n) is 2.36. The largest absolute Gasteiger partial charge is 0.464 e. The molecule has 0 saturated heterocycles. The van der Waals surface area contributed by atoms with Crippen molar-refractivity contribution in [1.29, 1.82) is 0 Å². The topological polar surface area (TPSA) is 43.1 Å². The van der Waals surface area contributed by atoms with E-state index in [1.807, 2.05) is 41.1 Å². The highest BCUT2D eigenvalue weighted by molar-refractivity contribution is 5.86. The molecule has 4 heteroatoms. The molecule has 0 radical (unpaired) electrons. The Hall–Kier alpha value is -2.23. The van der Waals surface area contributed by atoms with Crippen LogP contribution in [0.1, 0.15) is 16.1 Å². The number of methoxy groups -OCH3 is 1. The average molecular weight is 229 g/mol. The van der Waals surface area contributed by atoms with Gasteiger partial charge in [-0.1, -0.05) is 30.3 Å². The molecular weight excluding hydrogens is 216 g/mol. The normalized spacial score (nSPS) is 9.94. The van der Waals surface area contributed by atoms with Crippen molar-refractivity contribution >= 4 is 5.97 Å². The lowest BCUT2D eigenvalue weighted by molar-refractivity contribution is -0.689. The molecule has 0 spiro atoms. The molecule has 1 aromatic carbocycles. The zero-order valence-electron chi connectivity index (χ0n) is 9.54. The van der Waals surface area contributed by atoms with Crippen LogP contribution < -0.4 is 4.57 Å². The molecule has 0 aliphatic heterocycles. The summed E-state index contributed by atoms with van der Waals surface area (Å²) in [5, 5.41) is 0. The predicted molar refractivity (Wildman–Crippen MR) is 61.3 cm³/mol. The predicted octanol–water partition coefficient (Wildman–Crippen LogP) is 1.20. The van der Waals surface area contributed by atoms with Gasteiger partial charge in [0.1, 0.15) is 0 Å². The lowest BCUT2D eigenvalue weighted by Gasteiger charge is -1.99. The summed E-state index contributed by atoms with van der Waals surface area (Å²) in [7, 11) is 1.35. The van der Waals surface area contributed by atoms with Gasteiger partial charge in [0.05, 0.1) is 13.3 Å². The summed E-state index contributed by atoms with van der Waals surface area (Å²) in [4.78, 5) is 15.3. The van der Waals surface area contributed by atoms with E-state index in [0.717, 1.165) is 0 Å². The Morgan fingerprint density at radius 1 is 1.35 bits per heavy atom. The Balaban J connectivity index is 2.20. The van der Waals surface area contributed by atoms with Crippen LogP contribution in [0.5, 0.6) is 0 Å². The first-order valence-corrected chi connectivity index (χ1v) is 5.27. The van der Waals surface area contributed by atoms with E-state index >= 15 is 0 Å². The number of carbonyl (C=O) groups excluding carboxylic acids is 1. The lowest BCUT2D eigenvalue weighted by atomic mass is 10.2. The average Bonchev–Trinajstić information content (AvgIpc) is 2.39. The van der Waals surface area contributed by atoms with Crippen LogP contribution in [0.3, 0.4) is 0 Å². The quantitative estimate of drug-likeness (QED) is 0.587. The van der Waals surface area contributed by atoms with Gasteiger partial charge in [0, 0.05) is 5.56 Å². The maximum Gasteiger partial charge on any atom is 0.362 e. The first kappa shape index (κ1) is 11.3. The van der Waals surface area contributed by atoms with E-state index in [1.165, 1.54) is 12.7 Å². The number of nitrogens with zero attached hydrogens (tertiary/aromatic N) is 2. The molecule has 0 amide bonds. The molecule has 17 heavy (non-hydrogen) atoms. The molecule has 2 aromatic rings. The fourth-order valence-corrected chi connectivity index (χ4v) is 1.54. The minimum Gasteiger partial charge on any atom is -0.464 e. The zero-order valence-corrected chi connectivity index (χ0v) is 9.54. The van der Waals surface area contributed by atoms with Crippen LogP contribution in [0, 0.1) is 0 Å². The molecule has 2 rings (SSSR count). The summed E-state index contributed by atoms with van der Waals surface area (Å²) in [6.45, 7) is 0.702. The van der Waals surface area contributed by atoms with Gasteiger partial charge >= 0.3 is 5.97 Å². The summed E-state index contributed by atoms with van der Waals surface area (Å²) >= 11 is 0. The number of ether oxygens (including phenoxy) is 1. The van der Waals surface area contributed by atoms with Gasteiger partial charge in [0.2, 0.25) is 11.9 Å². The molecule has 0 unspecified atom stereocenters. The maximum atomic E-state index is 11.3. The number of rotatable bonds is 3. The van der Waals surface area contributed by atoms with Crippen LogP contribution in [0.4, 0.5) is 0 Å². The summed E-state index contributed by atoms with van der Waals surface area (Å²) < 4.78 is 6.52. The minimum absolute atomic E-state index is 0.311. The second-order valence-electron chi connectivity index (χ2n) is 3.59. The third kappa shape index (κ3) is 2.87. The second kappa shape index (κ2) is 5.21. The second-order valence-corrected chi connectivity index (χ2v) is 3.59. The third-order valence-corrected chi connectivity index (χ3v) is 2.36. The summed E-state index contributed by atoms with van der Waals surface area (Å²) in [5.74, 6) is -0.424. The van der Waals surface area contributed by atoms with E-state index in [9.17, 15) is 4.79 Å². The van der Waals surface area contributed by atoms with E-state index in [4.69, 9.17) is 0 Å². The van der Waals surface area contributed by atoms with Crippen molar-refractivity contribution in [1.82, 2.24) is 4.98 Å². The van der Waals surface area contributed by atoms with Crippen LogP contribution in [0.15, 0.2) is 48.9 Å². The first-order chi connectivity index (χ1) is 8.29. The van der Waals surface area contributed by atoms with Crippen LogP contribution in [-0.4, -0.2) is 18.1 Å². The molecular formula is C13H13N2O2+. The molecule has 0 saturated carbocycles. The van der Waals surface area contributed by atoms with Crippen molar-refractivity contribution < 1.29 is 14.1 Å². The smallest absolute Gasteiger partial charge is 0.362 e. The highest BCUT2D eigenvalue weighted by Gasteiger charge is 2.12.